The van der Waals surface area contributed by atoms with Gasteiger partial charge >= 0.3 is 0 Å². The second kappa shape index (κ2) is 6.47. The predicted octanol–water partition coefficient (Wildman–Crippen LogP) is 1.75. The zero-order valence-electron chi connectivity index (χ0n) is 11.8. The molecule has 0 bridgehead atoms. The van der Waals surface area contributed by atoms with Gasteiger partial charge in [-0.05, 0) is 56.2 Å². The Morgan fingerprint density at radius 1 is 1.35 bits per heavy atom. The molecule has 1 aromatic carbocycles. The molecule has 1 aromatic rings. The summed E-state index contributed by atoms with van der Waals surface area (Å²) < 4.78 is 27.3. The van der Waals surface area contributed by atoms with Crippen LogP contribution in [0.5, 0.6) is 0 Å². The van der Waals surface area contributed by atoms with Crippen LogP contribution in [0.4, 0.5) is 0 Å². The molecule has 0 aliphatic carbocycles. The molecule has 112 valence electrons. The van der Waals surface area contributed by atoms with Gasteiger partial charge in [-0.3, -0.25) is 0 Å². The van der Waals surface area contributed by atoms with Gasteiger partial charge in [0.25, 0.3) is 0 Å². The molecule has 0 aromatic heterocycles. The smallest absolute Gasteiger partial charge is 0.240 e. The zero-order chi connectivity index (χ0) is 14.6. The lowest BCUT2D eigenvalue weighted by molar-refractivity contribution is 0.552. The number of nitrogens with two attached hydrogens (primary N) is 1. The van der Waals surface area contributed by atoms with Gasteiger partial charge in [0.15, 0.2) is 0 Å². The average Bonchev–Trinajstić information content (AvgIpc) is 2.85. The summed E-state index contributed by atoms with van der Waals surface area (Å²) in [5, 5.41) is 0. The van der Waals surface area contributed by atoms with Crippen molar-refractivity contribution in [3.05, 3.63) is 29.8 Å². The van der Waals surface area contributed by atoms with E-state index in [4.69, 9.17) is 5.73 Å². The van der Waals surface area contributed by atoms with Crippen molar-refractivity contribution in [2.75, 3.05) is 18.8 Å². The molecule has 4 nitrogen and oxygen atoms in total. The second-order valence-electron chi connectivity index (χ2n) is 5.41. The van der Waals surface area contributed by atoms with Gasteiger partial charge in [0, 0.05) is 11.3 Å². The van der Waals surface area contributed by atoms with Gasteiger partial charge < -0.3 is 5.73 Å². The molecule has 1 heterocycles. The van der Waals surface area contributed by atoms with Crippen molar-refractivity contribution in [3.8, 4) is 0 Å². The number of rotatable bonds is 6. The number of hydrogen-bond donors (Lipinski definition) is 2. The monoisotopic (exact) mass is 314 g/mol. The number of sulfonamides is 1. The Balaban J connectivity index is 2.02. The van der Waals surface area contributed by atoms with Crippen molar-refractivity contribution < 1.29 is 8.42 Å². The highest BCUT2D eigenvalue weighted by Crippen LogP contribution is 2.37. The highest BCUT2D eigenvalue weighted by atomic mass is 32.2. The zero-order valence-corrected chi connectivity index (χ0v) is 13.4. The summed E-state index contributed by atoms with van der Waals surface area (Å²) in [5.41, 5.74) is 6.54. The highest BCUT2D eigenvalue weighted by Gasteiger charge is 2.31. The molecule has 0 spiro atoms. The Kier molecular flexibility index (Phi) is 5.12. The largest absolute Gasteiger partial charge is 0.330 e. The topological polar surface area (TPSA) is 72.2 Å². The van der Waals surface area contributed by atoms with E-state index in [1.807, 2.05) is 23.9 Å². The normalized spacial score (nSPS) is 23.1. The lowest BCUT2D eigenvalue weighted by Gasteiger charge is -2.22. The number of hydrogen-bond acceptors (Lipinski definition) is 4. The summed E-state index contributed by atoms with van der Waals surface area (Å²) in [5.74, 6) is 1.12. The van der Waals surface area contributed by atoms with Crippen LogP contribution in [-0.2, 0) is 16.4 Å². The molecule has 1 atom stereocenters. The summed E-state index contributed by atoms with van der Waals surface area (Å²) in [7, 11) is -3.41. The van der Waals surface area contributed by atoms with Gasteiger partial charge in [0.1, 0.15) is 0 Å². The van der Waals surface area contributed by atoms with Gasteiger partial charge in [0.2, 0.25) is 10.0 Å². The Morgan fingerprint density at radius 2 is 2.05 bits per heavy atom. The molecule has 6 heteroatoms. The van der Waals surface area contributed by atoms with E-state index in [9.17, 15) is 8.42 Å². The molecular weight excluding hydrogens is 292 g/mol. The molecule has 1 unspecified atom stereocenters. The fourth-order valence-corrected chi connectivity index (χ4v) is 4.81. The van der Waals surface area contributed by atoms with Crippen molar-refractivity contribution in [2.45, 2.75) is 35.8 Å². The first-order valence-corrected chi connectivity index (χ1v) is 9.35. The van der Waals surface area contributed by atoms with Crippen LogP contribution in [0, 0.1) is 0 Å². The number of thioether (sulfide) groups is 1. The van der Waals surface area contributed by atoms with Crippen LogP contribution in [0.3, 0.4) is 0 Å². The van der Waals surface area contributed by atoms with Crippen molar-refractivity contribution in [3.63, 3.8) is 0 Å². The van der Waals surface area contributed by atoms with Gasteiger partial charge in [-0.25, -0.2) is 13.1 Å². The van der Waals surface area contributed by atoms with Crippen molar-refractivity contribution in [2.24, 2.45) is 5.73 Å². The van der Waals surface area contributed by atoms with Crippen molar-refractivity contribution in [1.29, 1.82) is 0 Å². The van der Waals surface area contributed by atoms with Crippen LogP contribution in [0.15, 0.2) is 29.2 Å². The molecule has 1 fully saturated rings. The first-order valence-electron chi connectivity index (χ1n) is 6.88. The fourth-order valence-electron chi connectivity index (χ4n) is 2.31. The minimum atomic E-state index is -3.41. The Morgan fingerprint density at radius 3 is 2.60 bits per heavy atom. The van der Waals surface area contributed by atoms with Gasteiger partial charge in [0.05, 0.1) is 4.90 Å². The minimum Gasteiger partial charge on any atom is -0.330 e. The summed E-state index contributed by atoms with van der Waals surface area (Å²) in [6, 6.07) is 6.95. The molecule has 0 radical (unpaired) electrons. The van der Waals surface area contributed by atoms with E-state index in [-0.39, 0.29) is 4.75 Å². The van der Waals surface area contributed by atoms with E-state index in [1.165, 1.54) is 0 Å². The second-order valence-corrected chi connectivity index (χ2v) is 8.86. The van der Waals surface area contributed by atoms with Crippen LogP contribution in [-0.4, -0.2) is 32.0 Å². The number of benzene rings is 1. The molecule has 0 saturated carbocycles. The van der Waals surface area contributed by atoms with E-state index >= 15 is 0 Å². The third kappa shape index (κ3) is 3.97. The van der Waals surface area contributed by atoms with Gasteiger partial charge in [-0.1, -0.05) is 12.1 Å². The lowest BCUT2D eigenvalue weighted by Crippen LogP contribution is -2.36. The van der Waals surface area contributed by atoms with E-state index in [0.29, 0.717) is 18.0 Å². The predicted molar refractivity (Wildman–Crippen MR) is 84.5 cm³/mol. The summed E-state index contributed by atoms with van der Waals surface area (Å²) in [6.45, 7) is 3.18. The SMILES string of the molecule is CC1(CNS(=O)(=O)c2ccc(CCN)cc2)CCCS1. The molecule has 2 rings (SSSR count). The molecular formula is C14H22N2O2S2. The van der Waals surface area contributed by atoms with E-state index in [1.54, 1.807) is 12.1 Å². The maximum absolute atomic E-state index is 12.3. The molecule has 1 aliphatic heterocycles. The average molecular weight is 314 g/mol. The first kappa shape index (κ1) is 15.8. The molecule has 1 aliphatic rings. The van der Waals surface area contributed by atoms with Crippen molar-refractivity contribution in [1.82, 2.24) is 4.72 Å². The van der Waals surface area contributed by atoms with Crippen LogP contribution >= 0.6 is 11.8 Å². The van der Waals surface area contributed by atoms with E-state index in [0.717, 1.165) is 30.6 Å². The first-order chi connectivity index (χ1) is 9.45. The summed E-state index contributed by atoms with van der Waals surface area (Å²) >= 11 is 1.85. The van der Waals surface area contributed by atoms with Crippen molar-refractivity contribution >= 4 is 21.8 Å². The lowest BCUT2D eigenvalue weighted by atomic mass is 10.1. The minimum absolute atomic E-state index is 0.0343. The summed E-state index contributed by atoms with van der Waals surface area (Å²) in [6.07, 6.45) is 2.99. The summed E-state index contributed by atoms with van der Waals surface area (Å²) in [4.78, 5) is 0.324. The van der Waals surface area contributed by atoms with E-state index < -0.39 is 10.0 Å². The van der Waals surface area contributed by atoms with Gasteiger partial charge in [-0.15, -0.1) is 0 Å². The Hall–Kier alpha value is -0.560. The Bertz CT molecular complexity index is 535. The molecule has 3 N–H and O–H groups in total. The third-order valence-electron chi connectivity index (χ3n) is 3.60. The van der Waals surface area contributed by atoms with Crippen LogP contribution in [0.1, 0.15) is 25.3 Å². The molecule has 0 amide bonds. The van der Waals surface area contributed by atoms with E-state index in [2.05, 4.69) is 11.6 Å². The third-order valence-corrected chi connectivity index (χ3v) is 6.56. The van der Waals surface area contributed by atoms with Gasteiger partial charge in [-0.2, -0.15) is 11.8 Å². The number of nitrogens with one attached hydrogen (secondary N) is 1. The maximum atomic E-state index is 12.3. The maximum Gasteiger partial charge on any atom is 0.240 e. The standard InChI is InChI=1S/C14H22N2O2S2/c1-14(8-2-10-19-14)11-16-20(17,18)13-5-3-12(4-6-13)7-9-15/h3-6,16H,2,7-11,15H2,1H3. The van der Waals surface area contributed by atoms with Crippen LogP contribution in [0.25, 0.3) is 0 Å². The quantitative estimate of drug-likeness (QED) is 0.839. The Labute approximate surface area is 125 Å². The molecule has 1 saturated heterocycles. The van der Waals surface area contributed by atoms with Crippen LogP contribution in [0.2, 0.25) is 0 Å². The van der Waals surface area contributed by atoms with Crippen LogP contribution < -0.4 is 10.5 Å². The molecule has 20 heavy (non-hydrogen) atoms. The fraction of sp³-hybridized carbons (Fsp3) is 0.571. The highest BCUT2D eigenvalue weighted by molar-refractivity contribution is 8.01.